The number of esters is 1. The fraction of sp³-hybridized carbons (Fsp3) is 0.548. The Hall–Kier alpha value is -4.72. The van der Waals surface area contributed by atoms with E-state index in [9.17, 15) is 35.1 Å². The molecule has 0 aromatic rings. The summed E-state index contributed by atoms with van der Waals surface area (Å²) in [7, 11) is 0. The molecule has 8 unspecified atom stereocenters. The Balaban J connectivity index is 2.83. The number of unbranched alkanes of at least 4 members (excludes halogenated alkanes) is 14. The van der Waals surface area contributed by atoms with Crippen LogP contribution in [0, 0.1) is 0 Å². The van der Waals surface area contributed by atoms with Crippen molar-refractivity contribution in [3.05, 3.63) is 158 Å². The lowest BCUT2D eigenvalue weighted by Gasteiger charge is -2.41. The van der Waals surface area contributed by atoms with Crippen LogP contribution in [0.15, 0.2) is 158 Å². The summed E-state index contributed by atoms with van der Waals surface area (Å²) < 4.78 is 17.5. The molecule has 11 heteroatoms. The highest BCUT2D eigenvalue weighted by Crippen LogP contribution is 2.26. The predicted molar refractivity (Wildman–Crippen MR) is 300 cm³/mol. The second kappa shape index (κ2) is 48.2. The number of hydrogen-bond donors (Lipinski definition) is 6. The number of hydrogen-bond acceptors (Lipinski definition) is 10. The van der Waals surface area contributed by atoms with Crippen LogP contribution in [-0.2, 0) is 23.8 Å². The van der Waals surface area contributed by atoms with Crippen molar-refractivity contribution in [2.45, 2.75) is 205 Å². The van der Waals surface area contributed by atoms with Crippen molar-refractivity contribution in [3.8, 4) is 0 Å². The Morgan fingerprint density at radius 2 is 0.986 bits per heavy atom. The van der Waals surface area contributed by atoms with Crippen molar-refractivity contribution < 1.29 is 49.3 Å². The van der Waals surface area contributed by atoms with Gasteiger partial charge in [-0.2, -0.15) is 0 Å². The van der Waals surface area contributed by atoms with Crippen LogP contribution in [0.4, 0.5) is 0 Å². The topological polar surface area (TPSA) is 175 Å². The molecule has 6 N–H and O–H groups in total. The maximum absolute atomic E-state index is 13.3. The zero-order valence-electron chi connectivity index (χ0n) is 44.7. The Morgan fingerprint density at radius 1 is 0.548 bits per heavy atom. The first-order valence-electron chi connectivity index (χ1n) is 27.4. The summed E-state index contributed by atoms with van der Waals surface area (Å²) in [6, 6.07) is -1.07. The van der Waals surface area contributed by atoms with Crippen LogP contribution >= 0.6 is 0 Å². The van der Waals surface area contributed by atoms with Gasteiger partial charge < -0.3 is 45.1 Å². The van der Waals surface area contributed by atoms with Crippen LogP contribution < -0.4 is 5.32 Å². The molecule has 0 spiro atoms. The van der Waals surface area contributed by atoms with E-state index < -0.39 is 67.4 Å². The number of amides is 1. The lowest BCUT2D eigenvalue weighted by molar-refractivity contribution is -0.305. The van der Waals surface area contributed by atoms with E-state index in [1.165, 1.54) is 38.5 Å². The zero-order valence-corrected chi connectivity index (χ0v) is 44.7. The third kappa shape index (κ3) is 36.8. The number of allylic oxidation sites excluding steroid dienone is 25. The average molecular weight is 1010 g/mol. The van der Waals surface area contributed by atoms with Crippen LogP contribution in [0.2, 0.25) is 0 Å². The molecule has 0 aliphatic carbocycles. The second-order valence-electron chi connectivity index (χ2n) is 18.2. The quantitative estimate of drug-likeness (QED) is 0.0149. The number of carbonyl (C=O) groups excluding carboxylic acids is 2. The molecule has 1 saturated heterocycles. The third-order valence-electron chi connectivity index (χ3n) is 11.7. The molecular weight excluding hydrogens is 919 g/mol. The maximum Gasteiger partial charge on any atom is 0.306 e. The normalized spacial score (nSPS) is 20.7. The molecule has 0 aromatic heterocycles. The average Bonchev–Trinajstić information content (AvgIpc) is 3.39. The molecule has 73 heavy (non-hydrogen) atoms. The minimum Gasteiger partial charge on any atom is -0.454 e. The zero-order chi connectivity index (χ0) is 53.3. The van der Waals surface area contributed by atoms with Gasteiger partial charge in [0.05, 0.1) is 25.4 Å². The first-order valence-corrected chi connectivity index (χ1v) is 27.4. The van der Waals surface area contributed by atoms with E-state index in [1.807, 2.05) is 134 Å². The van der Waals surface area contributed by atoms with E-state index >= 15 is 0 Å². The summed E-state index contributed by atoms with van der Waals surface area (Å²) >= 11 is 0. The van der Waals surface area contributed by atoms with Crippen LogP contribution in [0.25, 0.3) is 0 Å². The Labute approximate surface area is 440 Å². The van der Waals surface area contributed by atoms with Gasteiger partial charge in [-0.05, 0) is 64.2 Å². The number of rotatable bonds is 42. The van der Waals surface area contributed by atoms with Crippen LogP contribution in [0.5, 0.6) is 0 Å². The number of aliphatic hydroxyl groups is 5. The van der Waals surface area contributed by atoms with E-state index in [0.29, 0.717) is 12.8 Å². The monoisotopic (exact) mass is 1010 g/mol. The van der Waals surface area contributed by atoms with Crippen molar-refractivity contribution in [2.24, 2.45) is 0 Å². The lowest BCUT2D eigenvalue weighted by atomic mass is 9.99. The van der Waals surface area contributed by atoms with Gasteiger partial charge in [0.2, 0.25) is 5.91 Å². The SMILES string of the molecule is CC\C=C/C=C/C=C/C=C\C=C\C=C\CCCCCC(=O)OC1C(OCC(NC(=O)C(O)CCCC/C=C/C=C/C=C\C=C\C=C\C=C/CC)C(O)/C=C/CCCCCCCCCCC)OC(CO)C(O)C1O. The van der Waals surface area contributed by atoms with Gasteiger partial charge in [-0.1, -0.05) is 243 Å². The number of nitrogens with one attached hydrogen (secondary N) is 1. The molecule has 1 amide bonds. The molecule has 0 bridgehead atoms. The van der Waals surface area contributed by atoms with Crippen molar-refractivity contribution in [1.82, 2.24) is 5.32 Å². The Kier molecular flexibility index (Phi) is 43.8. The molecule has 11 nitrogen and oxygen atoms in total. The molecule has 1 fully saturated rings. The van der Waals surface area contributed by atoms with Gasteiger partial charge in [-0.15, -0.1) is 0 Å². The van der Waals surface area contributed by atoms with Gasteiger partial charge in [-0.3, -0.25) is 9.59 Å². The highest BCUT2D eigenvalue weighted by molar-refractivity contribution is 5.80. The van der Waals surface area contributed by atoms with Crippen molar-refractivity contribution in [2.75, 3.05) is 13.2 Å². The van der Waals surface area contributed by atoms with Gasteiger partial charge >= 0.3 is 5.97 Å². The molecule has 0 saturated carbocycles. The van der Waals surface area contributed by atoms with Crippen LogP contribution in [0.3, 0.4) is 0 Å². The molecular formula is C62H95NO10. The van der Waals surface area contributed by atoms with Crippen molar-refractivity contribution >= 4 is 11.9 Å². The molecule has 408 valence electrons. The molecule has 1 aliphatic rings. The molecule has 0 radical (unpaired) electrons. The van der Waals surface area contributed by atoms with E-state index in [-0.39, 0.29) is 19.4 Å². The van der Waals surface area contributed by atoms with Crippen molar-refractivity contribution in [1.29, 1.82) is 0 Å². The van der Waals surface area contributed by atoms with Gasteiger partial charge in [0.15, 0.2) is 12.4 Å². The Morgan fingerprint density at radius 3 is 1.48 bits per heavy atom. The highest BCUT2D eigenvalue weighted by Gasteiger charge is 2.47. The highest BCUT2D eigenvalue weighted by atomic mass is 16.7. The first kappa shape index (κ1) is 66.3. The van der Waals surface area contributed by atoms with E-state index in [0.717, 1.165) is 70.6 Å². The molecule has 8 atom stereocenters. The third-order valence-corrected chi connectivity index (χ3v) is 11.7. The van der Waals surface area contributed by atoms with Gasteiger partial charge in [0.1, 0.15) is 24.4 Å². The number of carbonyl (C=O) groups is 2. The fourth-order valence-electron chi connectivity index (χ4n) is 7.42. The fourth-order valence-corrected chi connectivity index (χ4v) is 7.42. The van der Waals surface area contributed by atoms with Gasteiger partial charge in [0, 0.05) is 6.42 Å². The number of ether oxygens (including phenoxy) is 3. The van der Waals surface area contributed by atoms with Crippen LogP contribution in [0.1, 0.15) is 156 Å². The molecule has 1 heterocycles. The molecule has 0 aromatic carbocycles. The maximum atomic E-state index is 13.3. The smallest absolute Gasteiger partial charge is 0.306 e. The van der Waals surface area contributed by atoms with E-state index in [4.69, 9.17) is 14.2 Å². The lowest BCUT2D eigenvalue weighted by Crippen LogP contribution is -2.61. The summed E-state index contributed by atoms with van der Waals surface area (Å²) in [5.41, 5.74) is 0. The summed E-state index contributed by atoms with van der Waals surface area (Å²) in [6.45, 7) is 5.39. The summed E-state index contributed by atoms with van der Waals surface area (Å²) in [5.74, 6) is -1.31. The van der Waals surface area contributed by atoms with Gasteiger partial charge in [-0.25, -0.2) is 0 Å². The van der Waals surface area contributed by atoms with E-state index in [2.05, 4.69) is 44.3 Å². The summed E-state index contributed by atoms with van der Waals surface area (Å²) in [4.78, 5) is 26.4. The largest absolute Gasteiger partial charge is 0.454 e. The Bertz CT molecular complexity index is 1780. The summed E-state index contributed by atoms with van der Waals surface area (Å²) in [5, 5.41) is 56.7. The first-order chi connectivity index (χ1) is 35.7. The van der Waals surface area contributed by atoms with E-state index in [1.54, 1.807) is 6.08 Å². The molecule has 1 rings (SSSR count). The second-order valence-corrected chi connectivity index (χ2v) is 18.2. The standard InChI is InChI=1S/C62H95NO10/c1-4-7-10-13-16-19-22-24-26-28-30-32-35-38-41-44-47-50-57(67)73-60-59(69)58(68)56(51-64)72-62(60)71-52-53(54(65)48-45-42-39-36-33-21-18-15-12-9-6-3)63-61(70)55(66)49-46-43-40-37-34-31-29-27-25-23-20-17-14-11-8-5-2/h7-8,10-11,13-14,16-17,19-20,22-32,34-35,37,45,48,53-56,58-60,62,64-66,68-69H,4-6,9,12,15,18,21,33,36,38-44,46-47,49-52H2,1-3H3,(H,63,70)/b10-7-,11-8-,16-13+,17-14+,22-19+,23-20+,26-24-,27-25-,30-28+,31-29+,35-32+,37-34+,48-45+. The van der Waals surface area contributed by atoms with Crippen LogP contribution in [-0.4, -0.2) is 99.6 Å². The van der Waals surface area contributed by atoms with Gasteiger partial charge in [0.25, 0.3) is 0 Å². The van der Waals surface area contributed by atoms with Crippen molar-refractivity contribution in [3.63, 3.8) is 0 Å². The number of aliphatic hydroxyl groups excluding tert-OH is 5. The molecule has 1 aliphatic heterocycles. The minimum atomic E-state index is -1.65. The predicted octanol–water partition coefficient (Wildman–Crippen LogP) is 12.0. The summed E-state index contributed by atoms with van der Waals surface area (Å²) in [6.07, 6.45) is 59.9. The minimum absolute atomic E-state index is 0.0553.